The molecule has 0 bridgehead atoms. The van der Waals surface area contributed by atoms with E-state index in [1.165, 1.54) is 12.1 Å². The third kappa shape index (κ3) is 2.05. The predicted molar refractivity (Wildman–Crippen MR) is 92.8 cm³/mol. The molecule has 3 aliphatic rings. The quantitative estimate of drug-likeness (QED) is 0.346. The number of carbonyl (C=O) groups excluding carboxylic acids is 3. The van der Waals surface area contributed by atoms with Gasteiger partial charge < -0.3 is 31.3 Å². The van der Waals surface area contributed by atoms with Gasteiger partial charge in [-0.25, -0.2) is 0 Å². The molecule has 28 heavy (non-hydrogen) atoms. The van der Waals surface area contributed by atoms with Gasteiger partial charge in [-0.1, -0.05) is 12.1 Å². The van der Waals surface area contributed by atoms with Crippen LogP contribution in [0.1, 0.15) is 17.5 Å². The number of amides is 1. The van der Waals surface area contributed by atoms with E-state index in [0.29, 0.717) is 5.56 Å². The maximum Gasteiger partial charge on any atom is 0.255 e. The van der Waals surface area contributed by atoms with Crippen LogP contribution in [0, 0.1) is 11.8 Å². The maximum atomic E-state index is 13.2. The van der Waals surface area contributed by atoms with Crippen LogP contribution in [-0.2, 0) is 20.8 Å². The highest BCUT2D eigenvalue weighted by atomic mass is 16.4. The molecule has 0 saturated heterocycles. The number of primary amides is 1. The number of carbonyl (C=O) groups is 3. The number of aliphatic hydroxyl groups is 4. The first kappa shape index (κ1) is 18.2. The molecule has 0 spiro atoms. The summed E-state index contributed by atoms with van der Waals surface area (Å²) < 4.78 is 0. The van der Waals surface area contributed by atoms with Crippen molar-refractivity contribution in [2.24, 2.45) is 17.6 Å². The van der Waals surface area contributed by atoms with Crippen LogP contribution in [0.4, 0.5) is 0 Å². The molecule has 4 atom stereocenters. The van der Waals surface area contributed by atoms with Crippen molar-refractivity contribution < 1.29 is 39.9 Å². The van der Waals surface area contributed by atoms with Crippen LogP contribution in [-0.4, -0.2) is 54.7 Å². The Labute approximate surface area is 158 Å². The standard InChI is InChI=1S/C19H17NO8/c20-18(27)13-10(22)5-8-14(23)7-4-6-2-1-3-9(21)11(6)15(24)12(7)16(25)19(8,28)17(13)26/h1-3,7-8,14,21,23-24,26,28H,4-5H2,(H2,20,27)/t7?,8-,14-,19+/m1/s1. The average molecular weight is 387 g/mol. The molecule has 4 rings (SSSR count). The third-order valence-electron chi connectivity index (χ3n) is 5.91. The summed E-state index contributed by atoms with van der Waals surface area (Å²) in [5, 5.41) is 53.0. The van der Waals surface area contributed by atoms with Crippen LogP contribution >= 0.6 is 0 Å². The Hall–Kier alpha value is -3.17. The van der Waals surface area contributed by atoms with Crippen LogP contribution in [0.3, 0.4) is 0 Å². The zero-order valence-electron chi connectivity index (χ0n) is 14.4. The number of Topliss-reactive ketones (excluding diaryl/α,β-unsaturated/α-hetero) is 2. The summed E-state index contributed by atoms with van der Waals surface area (Å²) in [5.41, 5.74) is 1.47. The number of benzene rings is 1. The van der Waals surface area contributed by atoms with E-state index in [9.17, 15) is 39.9 Å². The van der Waals surface area contributed by atoms with Gasteiger partial charge in [-0.2, -0.15) is 0 Å². The summed E-state index contributed by atoms with van der Waals surface area (Å²) in [7, 11) is 0. The van der Waals surface area contributed by atoms with Gasteiger partial charge >= 0.3 is 0 Å². The van der Waals surface area contributed by atoms with Gasteiger partial charge in [-0.15, -0.1) is 0 Å². The second-order valence-electron chi connectivity index (χ2n) is 7.29. The Morgan fingerprint density at radius 1 is 1.14 bits per heavy atom. The Kier molecular flexibility index (Phi) is 3.68. The van der Waals surface area contributed by atoms with E-state index in [0.717, 1.165) is 0 Å². The first-order chi connectivity index (χ1) is 13.1. The second-order valence-corrected chi connectivity index (χ2v) is 7.29. The molecular weight excluding hydrogens is 370 g/mol. The molecule has 1 amide bonds. The molecule has 1 unspecified atom stereocenters. The highest BCUT2D eigenvalue weighted by molar-refractivity contribution is 6.22. The first-order valence-corrected chi connectivity index (χ1v) is 8.57. The molecule has 1 saturated carbocycles. The first-order valence-electron chi connectivity index (χ1n) is 8.57. The number of rotatable bonds is 1. The molecule has 9 heteroatoms. The summed E-state index contributed by atoms with van der Waals surface area (Å²) in [6.45, 7) is 0. The highest BCUT2D eigenvalue weighted by Gasteiger charge is 2.63. The number of hydrogen-bond donors (Lipinski definition) is 6. The van der Waals surface area contributed by atoms with E-state index < -0.39 is 64.5 Å². The number of phenolic OH excluding ortho intramolecular Hbond substituents is 1. The summed E-state index contributed by atoms with van der Waals surface area (Å²) in [6.07, 6.45) is -2.01. The van der Waals surface area contributed by atoms with Crippen molar-refractivity contribution in [3.8, 4) is 5.75 Å². The van der Waals surface area contributed by atoms with Crippen LogP contribution in [0.2, 0.25) is 0 Å². The zero-order valence-corrected chi connectivity index (χ0v) is 14.4. The van der Waals surface area contributed by atoms with Crippen LogP contribution in [0.25, 0.3) is 5.76 Å². The molecule has 1 aromatic rings. The minimum atomic E-state index is -2.79. The lowest BCUT2D eigenvalue weighted by Gasteiger charge is -2.48. The maximum absolute atomic E-state index is 13.2. The Morgan fingerprint density at radius 3 is 2.46 bits per heavy atom. The molecule has 0 heterocycles. The third-order valence-corrected chi connectivity index (χ3v) is 5.91. The largest absolute Gasteiger partial charge is 0.508 e. The van der Waals surface area contributed by atoms with Gasteiger partial charge in [-0.3, -0.25) is 14.4 Å². The molecule has 0 aromatic heterocycles. The lowest BCUT2D eigenvalue weighted by atomic mass is 9.58. The molecular formula is C19H17NO8. The molecule has 1 fully saturated rings. The fourth-order valence-corrected chi connectivity index (χ4v) is 4.58. The number of ketones is 2. The van der Waals surface area contributed by atoms with E-state index in [1.807, 2.05) is 0 Å². The lowest BCUT2D eigenvalue weighted by Crippen LogP contribution is -2.63. The number of nitrogens with two attached hydrogens (primary N) is 1. The number of aromatic hydroxyl groups is 1. The van der Waals surface area contributed by atoms with Gasteiger partial charge in [0.1, 0.15) is 22.8 Å². The van der Waals surface area contributed by atoms with Gasteiger partial charge in [0.2, 0.25) is 5.78 Å². The van der Waals surface area contributed by atoms with Crippen LogP contribution in [0.15, 0.2) is 35.1 Å². The van der Waals surface area contributed by atoms with Gasteiger partial charge in [0.25, 0.3) is 5.91 Å². The average Bonchev–Trinajstić information content (AvgIpc) is 2.62. The molecule has 0 radical (unpaired) electrons. The van der Waals surface area contributed by atoms with Crippen LogP contribution in [0.5, 0.6) is 5.75 Å². The van der Waals surface area contributed by atoms with Gasteiger partial charge in [0, 0.05) is 23.8 Å². The Bertz CT molecular complexity index is 1020. The van der Waals surface area contributed by atoms with E-state index in [2.05, 4.69) is 0 Å². The van der Waals surface area contributed by atoms with Crippen molar-refractivity contribution in [2.45, 2.75) is 24.5 Å². The van der Waals surface area contributed by atoms with E-state index in [4.69, 9.17) is 5.73 Å². The van der Waals surface area contributed by atoms with E-state index in [-0.39, 0.29) is 23.3 Å². The summed E-state index contributed by atoms with van der Waals surface area (Å²) in [6, 6.07) is 4.45. The molecule has 7 N–H and O–H groups in total. The fraction of sp³-hybridized carbons (Fsp3) is 0.316. The molecule has 1 aromatic carbocycles. The SMILES string of the molecule is NC(=O)C1=C(O)[C@@]2(O)C(=O)C3=C(O)c4c(O)cccc4CC3[C@@H](O)[C@H]2CC1=O. The smallest absolute Gasteiger partial charge is 0.255 e. The topological polar surface area (TPSA) is 178 Å². The minimum Gasteiger partial charge on any atom is -0.508 e. The Balaban J connectivity index is 1.98. The van der Waals surface area contributed by atoms with E-state index >= 15 is 0 Å². The highest BCUT2D eigenvalue weighted by Crippen LogP contribution is 2.51. The van der Waals surface area contributed by atoms with Crippen LogP contribution < -0.4 is 5.73 Å². The number of fused-ring (bicyclic) bond motifs is 3. The zero-order chi connectivity index (χ0) is 20.5. The van der Waals surface area contributed by atoms with Crippen molar-refractivity contribution in [1.82, 2.24) is 0 Å². The monoisotopic (exact) mass is 387 g/mol. The van der Waals surface area contributed by atoms with E-state index in [1.54, 1.807) is 6.07 Å². The van der Waals surface area contributed by atoms with Crippen molar-refractivity contribution in [2.75, 3.05) is 0 Å². The number of hydrogen-bond acceptors (Lipinski definition) is 8. The lowest BCUT2D eigenvalue weighted by molar-refractivity contribution is -0.159. The molecule has 9 nitrogen and oxygen atoms in total. The van der Waals surface area contributed by atoms with Crippen molar-refractivity contribution >= 4 is 23.2 Å². The number of phenols is 1. The van der Waals surface area contributed by atoms with Crippen molar-refractivity contribution in [1.29, 1.82) is 0 Å². The molecule has 3 aliphatic carbocycles. The van der Waals surface area contributed by atoms with Gasteiger partial charge in [-0.05, 0) is 18.1 Å². The minimum absolute atomic E-state index is 0.0122. The van der Waals surface area contributed by atoms with Gasteiger partial charge in [0.05, 0.1) is 11.7 Å². The van der Waals surface area contributed by atoms with Crippen molar-refractivity contribution in [3.63, 3.8) is 0 Å². The predicted octanol–water partition coefficient (Wildman–Crippen LogP) is -0.605. The Morgan fingerprint density at radius 2 is 1.82 bits per heavy atom. The van der Waals surface area contributed by atoms with Gasteiger partial charge in [0.15, 0.2) is 11.4 Å². The summed E-state index contributed by atoms with van der Waals surface area (Å²) in [5.74, 6) is -7.91. The van der Waals surface area contributed by atoms with Crippen molar-refractivity contribution in [3.05, 3.63) is 46.2 Å². The normalized spacial score (nSPS) is 32.0. The number of aliphatic hydroxyl groups excluding tert-OH is 3. The fourth-order valence-electron chi connectivity index (χ4n) is 4.58. The summed E-state index contributed by atoms with van der Waals surface area (Å²) >= 11 is 0. The summed E-state index contributed by atoms with van der Waals surface area (Å²) in [4.78, 5) is 36.9. The molecule has 146 valence electrons. The second kappa shape index (κ2) is 5.66. The molecule has 0 aliphatic heterocycles.